The Hall–Kier alpha value is -1.46. The van der Waals surface area contributed by atoms with Gasteiger partial charge in [0.25, 0.3) is 0 Å². The summed E-state index contributed by atoms with van der Waals surface area (Å²) in [5, 5.41) is 0. The molecule has 0 N–H and O–H groups in total. The van der Waals surface area contributed by atoms with E-state index in [0.717, 1.165) is 25.9 Å². The lowest BCUT2D eigenvalue weighted by Gasteiger charge is -2.31. The highest BCUT2D eigenvalue weighted by Gasteiger charge is 2.23. The van der Waals surface area contributed by atoms with E-state index < -0.39 is 5.82 Å². The number of ether oxygens (including phenoxy) is 2. The number of halogens is 1. The molecule has 1 saturated heterocycles. The number of carbonyl (C=O) groups is 1. The normalized spacial score (nSPS) is 19.9. The van der Waals surface area contributed by atoms with Crippen LogP contribution in [0.5, 0.6) is 5.75 Å². The highest BCUT2D eigenvalue weighted by atomic mass is 19.1. The molecule has 1 aromatic rings. The van der Waals surface area contributed by atoms with Gasteiger partial charge in [0.15, 0.2) is 5.78 Å². The summed E-state index contributed by atoms with van der Waals surface area (Å²) < 4.78 is 23.8. The molecule has 0 saturated carbocycles. The largest absolute Gasteiger partial charge is 0.496 e. The molecular formula is C15H20FNO3. The van der Waals surface area contributed by atoms with Crippen molar-refractivity contribution < 1.29 is 18.7 Å². The molecule has 1 heterocycles. The number of benzene rings is 1. The van der Waals surface area contributed by atoms with Crippen LogP contribution in [0, 0.1) is 5.82 Å². The number of likely N-dealkylation sites (tertiary alicyclic amines) is 1. The quantitative estimate of drug-likeness (QED) is 0.775. The Bertz CT molecular complexity index is 478. The molecule has 0 aliphatic carbocycles. The van der Waals surface area contributed by atoms with Crippen LogP contribution in [0.3, 0.4) is 0 Å². The highest BCUT2D eigenvalue weighted by Crippen LogP contribution is 2.21. The van der Waals surface area contributed by atoms with E-state index in [9.17, 15) is 9.18 Å². The minimum absolute atomic E-state index is 0.127. The molecule has 0 bridgehead atoms. The van der Waals surface area contributed by atoms with Crippen molar-refractivity contribution in [1.82, 2.24) is 4.90 Å². The SMILES string of the molecule is COc1ccc(F)cc1C(=O)CN1CCCC(OC)C1. The smallest absolute Gasteiger partial charge is 0.180 e. The van der Waals surface area contributed by atoms with Crippen LogP contribution in [0.15, 0.2) is 18.2 Å². The first kappa shape index (κ1) is 14.9. The molecule has 4 nitrogen and oxygen atoms in total. The number of hydrogen-bond donors (Lipinski definition) is 0. The average molecular weight is 281 g/mol. The Balaban J connectivity index is 2.06. The van der Waals surface area contributed by atoms with Crippen molar-refractivity contribution in [3.05, 3.63) is 29.6 Å². The Morgan fingerprint density at radius 2 is 2.25 bits per heavy atom. The third kappa shape index (κ3) is 3.55. The zero-order chi connectivity index (χ0) is 14.5. The van der Waals surface area contributed by atoms with E-state index in [0.29, 0.717) is 11.3 Å². The Labute approximate surface area is 118 Å². The molecule has 1 aliphatic rings. The van der Waals surface area contributed by atoms with E-state index in [1.54, 1.807) is 7.11 Å². The zero-order valence-corrected chi connectivity index (χ0v) is 11.9. The standard InChI is InChI=1S/C15H20FNO3/c1-19-12-4-3-7-17(9-12)10-14(18)13-8-11(16)5-6-15(13)20-2/h5-6,8,12H,3-4,7,9-10H2,1-2H3. The third-order valence-electron chi connectivity index (χ3n) is 3.62. The first-order valence-electron chi connectivity index (χ1n) is 6.76. The van der Waals surface area contributed by atoms with Crippen LogP contribution in [-0.4, -0.2) is 50.6 Å². The van der Waals surface area contributed by atoms with Gasteiger partial charge in [-0.25, -0.2) is 4.39 Å². The monoisotopic (exact) mass is 281 g/mol. The van der Waals surface area contributed by atoms with Gasteiger partial charge in [-0.05, 0) is 37.6 Å². The summed E-state index contributed by atoms with van der Waals surface area (Å²) in [7, 11) is 3.16. The molecule has 20 heavy (non-hydrogen) atoms. The van der Waals surface area contributed by atoms with E-state index in [1.807, 2.05) is 4.90 Å². The van der Waals surface area contributed by atoms with Gasteiger partial charge in [-0.15, -0.1) is 0 Å². The fraction of sp³-hybridized carbons (Fsp3) is 0.533. The van der Waals surface area contributed by atoms with Gasteiger partial charge < -0.3 is 9.47 Å². The third-order valence-corrected chi connectivity index (χ3v) is 3.62. The Morgan fingerprint density at radius 3 is 2.95 bits per heavy atom. The Morgan fingerprint density at radius 1 is 1.45 bits per heavy atom. The maximum atomic E-state index is 13.3. The lowest BCUT2D eigenvalue weighted by Crippen LogP contribution is -2.41. The van der Waals surface area contributed by atoms with Crippen molar-refractivity contribution in [1.29, 1.82) is 0 Å². The number of nitrogens with zero attached hydrogens (tertiary/aromatic N) is 1. The van der Waals surface area contributed by atoms with Crippen molar-refractivity contribution in [2.24, 2.45) is 0 Å². The fourth-order valence-corrected chi connectivity index (χ4v) is 2.54. The predicted octanol–water partition coefficient (Wildman–Crippen LogP) is 2.13. The van der Waals surface area contributed by atoms with Crippen molar-refractivity contribution in [2.45, 2.75) is 18.9 Å². The topological polar surface area (TPSA) is 38.8 Å². The van der Waals surface area contributed by atoms with Crippen molar-refractivity contribution in [3.63, 3.8) is 0 Å². The minimum Gasteiger partial charge on any atom is -0.496 e. The Kier molecular flexibility index (Phi) is 5.09. The van der Waals surface area contributed by atoms with Crippen molar-refractivity contribution in [3.8, 4) is 5.75 Å². The van der Waals surface area contributed by atoms with Crippen LogP contribution in [0.25, 0.3) is 0 Å². The number of hydrogen-bond acceptors (Lipinski definition) is 4. The maximum absolute atomic E-state index is 13.3. The number of piperidine rings is 1. The van der Waals surface area contributed by atoms with Crippen LogP contribution in [-0.2, 0) is 4.74 Å². The van der Waals surface area contributed by atoms with Crippen LogP contribution in [0.1, 0.15) is 23.2 Å². The van der Waals surface area contributed by atoms with Crippen LogP contribution < -0.4 is 4.74 Å². The van der Waals surface area contributed by atoms with Gasteiger partial charge in [0.2, 0.25) is 0 Å². The molecule has 2 rings (SSSR count). The summed E-state index contributed by atoms with van der Waals surface area (Å²) in [6, 6.07) is 4.01. The molecule has 0 amide bonds. The second-order valence-electron chi connectivity index (χ2n) is 5.00. The lowest BCUT2D eigenvalue weighted by atomic mass is 10.1. The average Bonchev–Trinajstić information content (AvgIpc) is 2.47. The van der Waals surface area contributed by atoms with Crippen molar-refractivity contribution in [2.75, 3.05) is 33.9 Å². The van der Waals surface area contributed by atoms with Gasteiger partial charge in [-0.2, -0.15) is 0 Å². The van der Waals surface area contributed by atoms with Gasteiger partial charge in [-0.3, -0.25) is 9.69 Å². The molecular weight excluding hydrogens is 261 g/mol. The summed E-state index contributed by atoms with van der Waals surface area (Å²) in [5.74, 6) is -0.141. The summed E-state index contributed by atoms with van der Waals surface area (Å²) in [6.07, 6.45) is 2.20. The molecule has 1 unspecified atom stereocenters. The summed E-state index contributed by atoms with van der Waals surface area (Å²) in [6.45, 7) is 1.86. The minimum atomic E-state index is -0.428. The van der Waals surface area contributed by atoms with Gasteiger partial charge in [0.05, 0.1) is 25.3 Å². The van der Waals surface area contributed by atoms with Gasteiger partial charge in [-0.1, -0.05) is 0 Å². The molecule has 0 radical (unpaired) electrons. The molecule has 1 aliphatic heterocycles. The van der Waals surface area contributed by atoms with Gasteiger partial charge in [0, 0.05) is 13.7 Å². The van der Waals surface area contributed by atoms with E-state index in [4.69, 9.17) is 9.47 Å². The molecule has 1 aromatic carbocycles. The molecule has 1 fully saturated rings. The van der Waals surface area contributed by atoms with Crippen LogP contribution in [0.4, 0.5) is 4.39 Å². The highest BCUT2D eigenvalue weighted by molar-refractivity contribution is 6.00. The summed E-state index contributed by atoms with van der Waals surface area (Å²) >= 11 is 0. The number of ketones is 1. The molecule has 5 heteroatoms. The number of rotatable bonds is 5. The molecule has 1 atom stereocenters. The number of Topliss-reactive ketones (excluding diaryl/α,β-unsaturated/α-hetero) is 1. The first-order chi connectivity index (χ1) is 9.63. The zero-order valence-electron chi connectivity index (χ0n) is 11.9. The lowest BCUT2D eigenvalue weighted by molar-refractivity contribution is 0.0314. The van der Waals surface area contributed by atoms with E-state index in [-0.39, 0.29) is 18.4 Å². The predicted molar refractivity (Wildman–Crippen MR) is 73.8 cm³/mol. The first-order valence-corrected chi connectivity index (χ1v) is 6.76. The van der Waals surface area contributed by atoms with Crippen LogP contribution in [0.2, 0.25) is 0 Å². The summed E-state index contributed by atoms with van der Waals surface area (Å²) in [4.78, 5) is 14.4. The van der Waals surface area contributed by atoms with E-state index in [2.05, 4.69) is 0 Å². The second-order valence-corrected chi connectivity index (χ2v) is 5.00. The van der Waals surface area contributed by atoms with Gasteiger partial charge >= 0.3 is 0 Å². The van der Waals surface area contributed by atoms with Crippen molar-refractivity contribution >= 4 is 5.78 Å². The fourth-order valence-electron chi connectivity index (χ4n) is 2.54. The number of methoxy groups -OCH3 is 2. The molecule has 0 aromatic heterocycles. The summed E-state index contributed by atoms with van der Waals surface area (Å²) in [5.41, 5.74) is 0.298. The van der Waals surface area contributed by atoms with E-state index >= 15 is 0 Å². The maximum Gasteiger partial charge on any atom is 0.180 e. The van der Waals surface area contributed by atoms with Gasteiger partial charge in [0.1, 0.15) is 11.6 Å². The van der Waals surface area contributed by atoms with Crippen LogP contribution >= 0.6 is 0 Å². The number of carbonyl (C=O) groups excluding carboxylic acids is 1. The molecule has 0 spiro atoms. The second kappa shape index (κ2) is 6.81. The van der Waals surface area contributed by atoms with E-state index in [1.165, 1.54) is 25.3 Å². The molecule has 110 valence electrons.